The molecule has 1 heterocycles. The third kappa shape index (κ3) is 10.6. The van der Waals surface area contributed by atoms with Gasteiger partial charge in [-0.3, -0.25) is 4.90 Å². The van der Waals surface area contributed by atoms with Gasteiger partial charge in [-0.15, -0.1) is 0 Å². The first-order chi connectivity index (χ1) is 22.2. The number of rotatable bonds is 5. The van der Waals surface area contributed by atoms with Crippen LogP contribution >= 0.6 is 0 Å². The van der Waals surface area contributed by atoms with Gasteiger partial charge >= 0.3 is 18.3 Å². The van der Waals surface area contributed by atoms with Crippen LogP contribution in [0.4, 0.5) is 32.8 Å². The van der Waals surface area contributed by atoms with Gasteiger partial charge in [-0.2, -0.15) is 18.4 Å². The summed E-state index contributed by atoms with van der Waals surface area (Å²) < 4.78 is 58.6. The second-order valence-corrected chi connectivity index (χ2v) is 12.8. The van der Waals surface area contributed by atoms with Crippen LogP contribution in [0.5, 0.6) is 0 Å². The van der Waals surface area contributed by atoms with E-state index in [1.54, 1.807) is 21.9 Å². The lowest BCUT2D eigenvalue weighted by Crippen LogP contribution is -2.53. The van der Waals surface area contributed by atoms with Crippen LogP contribution in [0.1, 0.15) is 65.5 Å². The number of nitrogens with one attached hydrogen (secondary N) is 1. The van der Waals surface area contributed by atoms with Crippen LogP contribution in [0.25, 0.3) is 0 Å². The average Bonchev–Trinajstić information content (AvgIpc) is 3.45. The lowest BCUT2D eigenvalue weighted by molar-refractivity contribution is -0.139. The maximum atomic E-state index is 13.7. The zero-order chi connectivity index (χ0) is 34.9. The number of hydrogen-bond donors (Lipinski definition) is 1. The van der Waals surface area contributed by atoms with Crippen molar-refractivity contribution in [2.75, 3.05) is 44.6 Å². The maximum absolute atomic E-state index is 13.7. The number of carbonyl (C=O) groups is 2. The Bertz CT molecular complexity index is 1370. The fraction of sp³-hybridized carbons (Fsp3) is 0.571. The molecule has 2 aromatic carbocycles. The highest BCUT2D eigenvalue weighted by Gasteiger charge is 2.57. The van der Waals surface area contributed by atoms with Gasteiger partial charge in [0, 0.05) is 51.0 Å². The van der Waals surface area contributed by atoms with E-state index in [1.165, 1.54) is 0 Å². The monoisotopic (exact) mass is 661 g/mol. The molecule has 2 aliphatic carbocycles. The first-order valence-electron chi connectivity index (χ1n) is 16.3. The highest BCUT2D eigenvalue weighted by molar-refractivity contribution is 5.89. The van der Waals surface area contributed by atoms with Crippen molar-refractivity contribution in [1.29, 1.82) is 5.26 Å². The Morgan fingerprint density at radius 1 is 1.02 bits per heavy atom. The molecule has 1 aliphatic heterocycles. The summed E-state index contributed by atoms with van der Waals surface area (Å²) in [4.78, 5) is 31.2. The maximum Gasteiger partial charge on any atom is 0.419 e. The summed E-state index contributed by atoms with van der Waals surface area (Å²) in [5.74, 6) is 0.126. The summed E-state index contributed by atoms with van der Waals surface area (Å²) in [6.07, 6.45) is -3.31. The van der Waals surface area contributed by atoms with Crippen molar-refractivity contribution < 1.29 is 31.9 Å². The van der Waals surface area contributed by atoms with Crippen LogP contribution in [0.3, 0.4) is 0 Å². The van der Waals surface area contributed by atoms with Gasteiger partial charge in [-0.05, 0) is 81.7 Å². The predicted molar refractivity (Wildman–Crippen MR) is 173 cm³/mol. The molecule has 4 atom stereocenters. The number of halogens is 4. The lowest BCUT2D eigenvalue weighted by Gasteiger charge is -2.37. The van der Waals surface area contributed by atoms with Gasteiger partial charge in [0.15, 0.2) is 0 Å². The number of anilines is 1. The van der Waals surface area contributed by atoms with Gasteiger partial charge in [0.1, 0.15) is 11.4 Å². The molecule has 0 radical (unpaired) electrons. The summed E-state index contributed by atoms with van der Waals surface area (Å²) in [7, 11) is 0. The zero-order valence-electron chi connectivity index (χ0n) is 28.1. The summed E-state index contributed by atoms with van der Waals surface area (Å²) in [6, 6.07) is 13.2. The Kier molecular flexibility index (Phi) is 13.1. The SMILES string of the molecule is CC.CC1C2CCC(N(CCN3CCN(C(=O)OC(C)(C)C)CC3)C(=O)Nc3ccc(F)c(C(F)(F)F)c3)C12.N#Cc1ccccc1. The number of ether oxygens (including phenoxy) is 1. The van der Waals surface area contributed by atoms with Crippen LogP contribution < -0.4 is 5.32 Å². The van der Waals surface area contributed by atoms with Crippen molar-refractivity contribution in [2.24, 2.45) is 17.8 Å². The van der Waals surface area contributed by atoms with Gasteiger partial charge < -0.3 is 19.9 Å². The normalized spacial score (nSPS) is 21.9. The van der Waals surface area contributed by atoms with Crippen LogP contribution in [0, 0.1) is 34.9 Å². The summed E-state index contributed by atoms with van der Waals surface area (Å²) >= 11 is 0. The van der Waals surface area contributed by atoms with Gasteiger partial charge in [-0.1, -0.05) is 39.0 Å². The Morgan fingerprint density at radius 2 is 1.66 bits per heavy atom. The molecular formula is C35H47F4N5O3. The Morgan fingerprint density at radius 3 is 2.17 bits per heavy atom. The zero-order valence-corrected chi connectivity index (χ0v) is 28.1. The molecule has 47 heavy (non-hydrogen) atoms. The average molecular weight is 662 g/mol. The quantitative estimate of drug-likeness (QED) is 0.330. The molecule has 2 saturated carbocycles. The van der Waals surface area contributed by atoms with E-state index in [2.05, 4.69) is 17.1 Å². The van der Waals surface area contributed by atoms with Gasteiger partial charge in [0.25, 0.3) is 0 Å². The largest absolute Gasteiger partial charge is 0.444 e. The molecule has 1 N–H and O–H groups in total. The minimum atomic E-state index is -4.85. The van der Waals surface area contributed by atoms with E-state index in [0.29, 0.717) is 68.7 Å². The standard InChI is InChI=1S/C26H36F4N4O3.C7H5N.C2H6/c1-16-18-6-8-21(22(16)18)34(23(35)31-17-5-7-20(27)19(15-17)26(28,29)30)14-11-32-9-12-33(13-10-32)24(36)37-25(2,3)4;8-6-7-4-2-1-3-5-7;1-2/h5,7,15-16,18,21-22H,6,8-14H2,1-4H3,(H,31,35);1-5H;1-2H3. The van der Waals surface area contributed by atoms with Crippen molar-refractivity contribution in [2.45, 2.75) is 72.2 Å². The first-order valence-corrected chi connectivity index (χ1v) is 16.3. The van der Waals surface area contributed by atoms with Gasteiger partial charge in [-0.25, -0.2) is 14.0 Å². The van der Waals surface area contributed by atoms with Crippen LogP contribution in [0.15, 0.2) is 48.5 Å². The molecule has 258 valence electrons. The van der Waals surface area contributed by atoms with E-state index in [0.717, 1.165) is 25.0 Å². The molecule has 0 aromatic heterocycles. The lowest BCUT2D eigenvalue weighted by atomic mass is 10.1. The minimum Gasteiger partial charge on any atom is -0.444 e. The fourth-order valence-electron chi connectivity index (χ4n) is 6.27. The van der Waals surface area contributed by atoms with Crippen LogP contribution in [-0.2, 0) is 10.9 Å². The third-order valence-electron chi connectivity index (χ3n) is 8.64. The van der Waals surface area contributed by atoms with Crippen molar-refractivity contribution in [3.05, 3.63) is 65.5 Å². The second-order valence-electron chi connectivity index (χ2n) is 12.8. The highest BCUT2D eigenvalue weighted by atomic mass is 19.4. The number of nitriles is 1. The molecule has 3 fully saturated rings. The number of carbonyl (C=O) groups excluding carboxylic acids is 2. The molecular weight excluding hydrogens is 614 g/mol. The van der Waals surface area contributed by atoms with E-state index in [4.69, 9.17) is 10.00 Å². The Hall–Kier alpha value is -3.85. The topological polar surface area (TPSA) is 88.9 Å². The molecule has 0 spiro atoms. The van der Waals surface area contributed by atoms with Gasteiger partial charge in [0.2, 0.25) is 0 Å². The summed E-state index contributed by atoms with van der Waals surface area (Å²) in [6.45, 7) is 14.9. The summed E-state index contributed by atoms with van der Waals surface area (Å²) in [5.41, 5.74) is -1.34. The molecule has 1 saturated heterocycles. The number of benzene rings is 2. The number of amides is 3. The van der Waals surface area contributed by atoms with Crippen molar-refractivity contribution in [1.82, 2.24) is 14.7 Å². The van der Waals surface area contributed by atoms with Crippen molar-refractivity contribution >= 4 is 17.8 Å². The highest BCUT2D eigenvalue weighted by Crippen LogP contribution is 2.58. The second kappa shape index (κ2) is 16.3. The third-order valence-corrected chi connectivity index (χ3v) is 8.64. The van der Waals surface area contributed by atoms with Crippen molar-refractivity contribution in [3.63, 3.8) is 0 Å². The van der Waals surface area contributed by atoms with Crippen LogP contribution in [-0.4, -0.2) is 77.7 Å². The van der Waals surface area contributed by atoms with E-state index >= 15 is 0 Å². The number of piperazine rings is 1. The fourth-order valence-corrected chi connectivity index (χ4v) is 6.27. The predicted octanol–water partition coefficient (Wildman–Crippen LogP) is 7.86. The van der Waals surface area contributed by atoms with E-state index in [1.807, 2.05) is 58.9 Å². The van der Waals surface area contributed by atoms with E-state index in [-0.39, 0.29) is 17.8 Å². The molecule has 3 amide bonds. The van der Waals surface area contributed by atoms with Gasteiger partial charge in [0.05, 0.1) is 17.2 Å². The van der Waals surface area contributed by atoms with Crippen molar-refractivity contribution in [3.8, 4) is 6.07 Å². The molecule has 8 nitrogen and oxygen atoms in total. The van der Waals surface area contributed by atoms with Crippen LogP contribution in [0.2, 0.25) is 0 Å². The summed E-state index contributed by atoms with van der Waals surface area (Å²) in [5, 5.41) is 10.9. The molecule has 3 aliphatic rings. The number of nitrogens with zero attached hydrogens (tertiary/aromatic N) is 4. The molecule has 4 unspecified atom stereocenters. The number of urea groups is 1. The smallest absolute Gasteiger partial charge is 0.419 e. The molecule has 2 aromatic rings. The number of hydrogen-bond acceptors (Lipinski definition) is 5. The molecule has 12 heteroatoms. The Balaban J connectivity index is 0.000000518. The van der Waals surface area contributed by atoms with E-state index in [9.17, 15) is 27.2 Å². The molecule has 5 rings (SSSR count). The number of alkyl halides is 3. The first kappa shape index (κ1) is 37.6. The van der Waals surface area contributed by atoms with E-state index < -0.39 is 29.2 Å². The minimum absolute atomic E-state index is 0.0191. The Labute approximate surface area is 275 Å². The molecule has 0 bridgehead atoms. The number of fused-ring (bicyclic) bond motifs is 1.